The van der Waals surface area contributed by atoms with E-state index in [2.05, 4.69) is 0 Å². The number of carbonyl (C=O) groups excluding carboxylic acids is 1. The lowest BCUT2D eigenvalue weighted by Crippen LogP contribution is -2.08. The average molecular weight is 330 g/mol. The van der Waals surface area contributed by atoms with Crippen LogP contribution in [0.3, 0.4) is 0 Å². The lowest BCUT2D eigenvalue weighted by Gasteiger charge is -2.08. The van der Waals surface area contributed by atoms with Gasteiger partial charge in [0.2, 0.25) is 0 Å². The molecule has 2 aromatic carbocycles. The van der Waals surface area contributed by atoms with E-state index in [4.69, 9.17) is 39.5 Å². The fourth-order valence-corrected chi connectivity index (χ4v) is 2.28. The van der Waals surface area contributed by atoms with Crippen molar-refractivity contribution in [3.05, 3.63) is 68.7 Å². The summed E-state index contributed by atoms with van der Waals surface area (Å²) in [5, 5.41) is 1.60. The van der Waals surface area contributed by atoms with Gasteiger partial charge in [-0.2, -0.15) is 0 Å². The molecule has 0 atom stereocenters. The fraction of sp³-hybridized carbons (Fsp3) is 0.133. The second-order valence-electron chi connectivity index (χ2n) is 4.16. The molecule has 0 fully saturated rings. The molecule has 20 heavy (non-hydrogen) atoms. The maximum Gasteiger partial charge on any atom is 0.310 e. The Kier molecular flexibility index (Phi) is 5.30. The summed E-state index contributed by atoms with van der Waals surface area (Å²) in [6, 6.07) is 12.2. The van der Waals surface area contributed by atoms with E-state index in [0.717, 1.165) is 5.56 Å². The SMILES string of the molecule is O=C(Cc1ccc(Cl)cc1)OCc1c(Cl)cccc1Cl. The molecule has 0 bridgehead atoms. The van der Waals surface area contributed by atoms with Gasteiger partial charge in [-0.05, 0) is 29.8 Å². The van der Waals surface area contributed by atoms with Crippen molar-refractivity contribution in [2.75, 3.05) is 0 Å². The van der Waals surface area contributed by atoms with Crippen LogP contribution in [-0.2, 0) is 22.6 Å². The van der Waals surface area contributed by atoms with Crippen LogP contribution in [0.2, 0.25) is 15.1 Å². The molecule has 0 aromatic heterocycles. The monoisotopic (exact) mass is 328 g/mol. The molecule has 0 amide bonds. The first kappa shape index (κ1) is 15.2. The zero-order valence-electron chi connectivity index (χ0n) is 10.4. The molecule has 0 N–H and O–H groups in total. The van der Waals surface area contributed by atoms with Gasteiger partial charge in [-0.25, -0.2) is 0 Å². The fourth-order valence-electron chi connectivity index (χ4n) is 1.64. The smallest absolute Gasteiger partial charge is 0.310 e. The molecule has 5 heteroatoms. The van der Waals surface area contributed by atoms with E-state index in [1.165, 1.54) is 0 Å². The first-order valence-corrected chi connectivity index (χ1v) is 7.02. The highest BCUT2D eigenvalue weighted by Crippen LogP contribution is 2.25. The summed E-state index contributed by atoms with van der Waals surface area (Å²) in [4.78, 5) is 11.8. The molecule has 2 rings (SSSR count). The van der Waals surface area contributed by atoms with Crippen molar-refractivity contribution in [3.8, 4) is 0 Å². The van der Waals surface area contributed by atoms with Crippen LogP contribution in [0.15, 0.2) is 42.5 Å². The van der Waals surface area contributed by atoms with Gasteiger partial charge in [-0.1, -0.05) is 53.0 Å². The van der Waals surface area contributed by atoms with Crippen molar-refractivity contribution in [2.24, 2.45) is 0 Å². The third-order valence-electron chi connectivity index (χ3n) is 2.70. The lowest BCUT2D eigenvalue weighted by molar-refractivity contribution is -0.144. The van der Waals surface area contributed by atoms with Gasteiger partial charge in [-0.15, -0.1) is 0 Å². The first-order valence-electron chi connectivity index (χ1n) is 5.89. The minimum atomic E-state index is -0.344. The normalized spacial score (nSPS) is 10.3. The van der Waals surface area contributed by atoms with E-state index in [1.807, 2.05) is 0 Å². The van der Waals surface area contributed by atoms with Gasteiger partial charge < -0.3 is 4.74 Å². The molecule has 0 heterocycles. The minimum absolute atomic E-state index is 0.0604. The second-order valence-corrected chi connectivity index (χ2v) is 5.41. The van der Waals surface area contributed by atoms with Crippen molar-refractivity contribution in [2.45, 2.75) is 13.0 Å². The number of rotatable bonds is 4. The summed E-state index contributed by atoms with van der Waals surface area (Å²) >= 11 is 17.8. The van der Waals surface area contributed by atoms with Crippen LogP contribution in [0.1, 0.15) is 11.1 Å². The maximum absolute atomic E-state index is 11.8. The van der Waals surface area contributed by atoms with E-state index in [-0.39, 0.29) is 19.0 Å². The number of hydrogen-bond donors (Lipinski definition) is 0. The molecule has 0 aliphatic heterocycles. The van der Waals surface area contributed by atoms with E-state index in [9.17, 15) is 4.79 Å². The van der Waals surface area contributed by atoms with Gasteiger partial charge in [0, 0.05) is 20.6 Å². The topological polar surface area (TPSA) is 26.3 Å². The molecule has 0 saturated carbocycles. The van der Waals surface area contributed by atoms with Crippen LogP contribution < -0.4 is 0 Å². The zero-order valence-corrected chi connectivity index (χ0v) is 12.7. The highest BCUT2D eigenvalue weighted by Gasteiger charge is 2.10. The first-order chi connectivity index (χ1) is 9.56. The van der Waals surface area contributed by atoms with E-state index >= 15 is 0 Å². The minimum Gasteiger partial charge on any atom is -0.460 e. The Morgan fingerprint density at radius 2 is 1.55 bits per heavy atom. The van der Waals surface area contributed by atoms with Crippen molar-refractivity contribution in [3.63, 3.8) is 0 Å². The summed E-state index contributed by atoms with van der Waals surface area (Å²) in [5.41, 5.74) is 1.45. The van der Waals surface area contributed by atoms with E-state index < -0.39 is 0 Å². The summed E-state index contributed by atoms with van der Waals surface area (Å²) in [6.45, 7) is 0.0604. The van der Waals surface area contributed by atoms with Crippen molar-refractivity contribution in [1.82, 2.24) is 0 Å². The number of benzene rings is 2. The molecule has 0 radical (unpaired) electrons. The van der Waals surface area contributed by atoms with Crippen molar-refractivity contribution in [1.29, 1.82) is 0 Å². The van der Waals surface area contributed by atoms with Gasteiger partial charge in [0.1, 0.15) is 6.61 Å². The van der Waals surface area contributed by atoms with Crippen LogP contribution in [0, 0.1) is 0 Å². The second kappa shape index (κ2) is 6.98. The average Bonchev–Trinajstić information content (AvgIpc) is 2.41. The van der Waals surface area contributed by atoms with Gasteiger partial charge in [0.25, 0.3) is 0 Å². The maximum atomic E-state index is 11.8. The highest BCUT2D eigenvalue weighted by atomic mass is 35.5. The van der Waals surface area contributed by atoms with Gasteiger partial charge in [0.05, 0.1) is 6.42 Å². The standard InChI is InChI=1S/C15H11Cl3O2/c16-11-6-4-10(5-7-11)8-15(19)20-9-12-13(17)2-1-3-14(12)18/h1-7H,8-9H2. The zero-order chi connectivity index (χ0) is 14.5. The lowest BCUT2D eigenvalue weighted by atomic mass is 10.1. The Hall–Kier alpha value is -1.22. The van der Waals surface area contributed by atoms with Gasteiger partial charge in [-0.3, -0.25) is 4.79 Å². The summed E-state index contributed by atoms with van der Waals surface area (Å²) in [6.07, 6.45) is 0.180. The predicted octanol–water partition coefficient (Wildman–Crippen LogP) is 4.93. The third-order valence-corrected chi connectivity index (χ3v) is 3.66. The molecule has 0 spiro atoms. The van der Waals surface area contributed by atoms with E-state index in [0.29, 0.717) is 20.6 Å². The number of esters is 1. The molecular weight excluding hydrogens is 319 g/mol. The van der Waals surface area contributed by atoms with Crippen molar-refractivity contribution < 1.29 is 9.53 Å². The molecular formula is C15H11Cl3O2. The van der Waals surface area contributed by atoms with E-state index in [1.54, 1.807) is 42.5 Å². The number of carbonyl (C=O) groups is 1. The van der Waals surface area contributed by atoms with Crippen LogP contribution in [0.5, 0.6) is 0 Å². The molecule has 2 nitrogen and oxygen atoms in total. The Labute approximate surface area is 132 Å². The molecule has 0 saturated heterocycles. The summed E-state index contributed by atoms with van der Waals surface area (Å²) < 4.78 is 5.18. The van der Waals surface area contributed by atoms with Gasteiger partial charge >= 0.3 is 5.97 Å². The third kappa shape index (κ3) is 4.14. The molecule has 0 unspecified atom stereocenters. The Balaban J connectivity index is 1.94. The molecule has 0 aliphatic carbocycles. The van der Waals surface area contributed by atoms with Crippen LogP contribution >= 0.6 is 34.8 Å². The highest BCUT2D eigenvalue weighted by molar-refractivity contribution is 6.36. The van der Waals surface area contributed by atoms with Crippen LogP contribution in [0.4, 0.5) is 0 Å². The summed E-state index contributed by atoms with van der Waals surface area (Å²) in [5.74, 6) is -0.344. The Morgan fingerprint density at radius 1 is 0.950 bits per heavy atom. The molecule has 104 valence electrons. The van der Waals surface area contributed by atoms with Gasteiger partial charge in [0.15, 0.2) is 0 Å². The van der Waals surface area contributed by atoms with Crippen LogP contribution in [0.25, 0.3) is 0 Å². The number of ether oxygens (including phenoxy) is 1. The Bertz CT molecular complexity index is 589. The summed E-state index contributed by atoms with van der Waals surface area (Å²) in [7, 11) is 0. The van der Waals surface area contributed by atoms with Crippen LogP contribution in [-0.4, -0.2) is 5.97 Å². The molecule has 0 aliphatic rings. The molecule has 2 aromatic rings. The Morgan fingerprint density at radius 3 is 2.15 bits per heavy atom. The predicted molar refractivity (Wildman–Crippen MR) is 81.4 cm³/mol. The van der Waals surface area contributed by atoms with Crippen molar-refractivity contribution >= 4 is 40.8 Å². The number of halogens is 3. The largest absolute Gasteiger partial charge is 0.460 e. The quantitative estimate of drug-likeness (QED) is 0.743. The number of hydrogen-bond acceptors (Lipinski definition) is 2.